The van der Waals surface area contributed by atoms with Gasteiger partial charge in [-0.2, -0.15) is 11.8 Å². The van der Waals surface area contributed by atoms with Crippen molar-refractivity contribution in [2.45, 2.75) is 31.7 Å². The number of halogens is 1. The summed E-state index contributed by atoms with van der Waals surface area (Å²) in [5, 5.41) is 3.69. The first-order valence-electron chi connectivity index (χ1n) is 6.29. The van der Waals surface area contributed by atoms with Crippen molar-refractivity contribution in [2.24, 2.45) is 0 Å². The predicted molar refractivity (Wildman–Crippen MR) is 81.0 cm³/mol. The van der Waals surface area contributed by atoms with Crippen molar-refractivity contribution in [3.63, 3.8) is 0 Å². The predicted octanol–water partition coefficient (Wildman–Crippen LogP) is 3.65. The van der Waals surface area contributed by atoms with Crippen molar-refractivity contribution in [3.05, 3.63) is 33.8 Å². The normalized spacial score (nSPS) is 19.1. The van der Waals surface area contributed by atoms with E-state index in [1.165, 1.54) is 47.0 Å². The van der Waals surface area contributed by atoms with Crippen LogP contribution < -0.4 is 5.32 Å². The molecule has 0 aromatic heterocycles. The Balaban J connectivity index is 1.84. The van der Waals surface area contributed by atoms with E-state index in [9.17, 15) is 0 Å². The highest BCUT2D eigenvalue weighted by atomic mass is 79.9. The smallest absolute Gasteiger partial charge is 0.0178 e. The zero-order valence-electron chi connectivity index (χ0n) is 10.3. The summed E-state index contributed by atoms with van der Waals surface area (Å²) < 4.78 is 1.21. The summed E-state index contributed by atoms with van der Waals surface area (Å²) in [6.45, 7) is 1.16. The second-order valence-electron chi connectivity index (χ2n) is 4.65. The van der Waals surface area contributed by atoms with E-state index in [0.717, 1.165) is 6.54 Å². The second kappa shape index (κ2) is 6.81. The SMILES string of the molecule is CSCCCNC1CCc2cc(Br)ccc2C1. The summed E-state index contributed by atoms with van der Waals surface area (Å²) in [4.78, 5) is 0. The minimum atomic E-state index is 0.686. The molecule has 0 radical (unpaired) electrons. The summed E-state index contributed by atoms with van der Waals surface area (Å²) in [5.41, 5.74) is 3.06. The molecule has 0 saturated carbocycles. The van der Waals surface area contributed by atoms with Gasteiger partial charge in [-0.1, -0.05) is 22.0 Å². The highest BCUT2D eigenvalue weighted by Crippen LogP contribution is 2.24. The van der Waals surface area contributed by atoms with E-state index in [2.05, 4.69) is 45.7 Å². The van der Waals surface area contributed by atoms with Crippen LogP contribution in [0.3, 0.4) is 0 Å². The average Bonchev–Trinajstić information content (AvgIpc) is 2.35. The van der Waals surface area contributed by atoms with E-state index < -0.39 is 0 Å². The average molecular weight is 314 g/mol. The topological polar surface area (TPSA) is 12.0 Å². The van der Waals surface area contributed by atoms with Crippen molar-refractivity contribution in [1.82, 2.24) is 5.32 Å². The van der Waals surface area contributed by atoms with Gasteiger partial charge in [0.1, 0.15) is 0 Å². The van der Waals surface area contributed by atoms with Crippen LogP contribution in [0.4, 0.5) is 0 Å². The van der Waals surface area contributed by atoms with Gasteiger partial charge in [0.25, 0.3) is 0 Å². The first-order chi connectivity index (χ1) is 8.29. The molecule has 0 bridgehead atoms. The van der Waals surface area contributed by atoms with Gasteiger partial charge < -0.3 is 5.32 Å². The molecule has 0 fully saturated rings. The summed E-state index contributed by atoms with van der Waals surface area (Å²) in [6.07, 6.45) is 7.15. The molecule has 0 spiro atoms. The molecule has 1 aliphatic carbocycles. The molecule has 1 nitrogen and oxygen atoms in total. The maximum atomic E-state index is 3.69. The van der Waals surface area contributed by atoms with Gasteiger partial charge in [-0.25, -0.2) is 0 Å². The molecule has 0 aliphatic heterocycles. The van der Waals surface area contributed by atoms with E-state index >= 15 is 0 Å². The van der Waals surface area contributed by atoms with Crippen molar-refractivity contribution in [1.29, 1.82) is 0 Å². The maximum absolute atomic E-state index is 3.69. The molecule has 1 aromatic rings. The Labute approximate surface area is 117 Å². The summed E-state index contributed by atoms with van der Waals surface area (Å²) >= 11 is 5.48. The Hall–Kier alpha value is 0.01000. The van der Waals surface area contributed by atoms with Crippen molar-refractivity contribution in [3.8, 4) is 0 Å². The third kappa shape index (κ3) is 4.01. The molecular formula is C14H20BrNS. The van der Waals surface area contributed by atoms with Crippen LogP contribution >= 0.6 is 27.7 Å². The number of aryl methyl sites for hydroxylation is 1. The number of rotatable bonds is 5. The van der Waals surface area contributed by atoms with Gasteiger partial charge in [0, 0.05) is 10.5 Å². The van der Waals surface area contributed by atoms with E-state index in [1.54, 1.807) is 0 Å². The lowest BCUT2D eigenvalue weighted by atomic mass is 9.88. The molecule has 1 unspecified atom stereocenters. The molecule has 0 amide bonds. The molecule has 2 rings (SSSR count). The lowest BCUT2D eigenvalue weighted by Crippen LogP contribution is -2.35. The molecule has 0 heterocycles. The van der Waals surface area contributed by atoms with E-state index in [4.69, 9.17) is 0 Å². The molecule has 1 aliphatic rings. The van der Waals surface area contributed by atoms with Gasteiger partial charge in [-0.05, 0) is 67.5 Å². The number of benzene rings is 1. The number of hydrogen-bond donors (Lipinski definition) is 1. The van der Waals surface area contributed by atoms with Crippen LogP contribution in [0.15, 0.2) is 22.7 Å². The Morgan fingerprint density at radius 1 is 1.41 bits per heavy atom. The Morgan fingerprint density at radius 2 is 2.29 bits per heavy atom. The highest BCUT2D eigenvalue weighted by Gasteiger charge is 2.17. The minimum Gasteiger partial charge on any atom is -0.314 e. The van der Waals surface area contributed by atoms with E-state index in [-0.39, 0.29) is 0 Å². The third-order valence-corrected chi connectivity index (χ3v) is 4.55. The minimum absolute atomic E-state index is 0.686. The summed E-state index contributed by atoms with van der Waals surface area (Å²) in [5.74, 6) is 1.27. The van der Waals surface area contributed by atoms with Gasteiger partial charge in [0.2, 0.25) is 0 Å². The van der Waals surface area contributed by atoms with Crippen molar-refractivity contribution >= 4 is 27.7 Å². The van der Waals surface area contributed by atoms with Crippen LogP contribution in [-0.2, 0) is 12.8 Å². The van der Waals surface area contributed by atoms with Gasteiger partial charge in [-0.3, -0.25) is 0 Å². The third-order valence-electron chi connectivity index (χ3n) is 3.36. The Bertz CT molecular complexity index is 367. The zero-order chi connectivity index (χ0) is 12.1. The van der Waals surface area contributed by atoms with Crippen LogP contribution in [-0.4, -0.2) is 24.6 Å². The van der Waals surface area contributed by atoms with Crippen molar-refractivity contribution < 1.29 is 0 Å². The van der Waals surface area contributed by atoms with Gasteiger partial charge in [-0.15, -0.1) is 0 Å². The fourth-order valence-electron chi connectivity index (χ4n) is 2.42. The Morgan fingerprint density at radius 3 is 3.12 bits per heavy atom. The number of fused-ring (bicyclic) bond motifs is 1. The zero-order valence-corrected chi connectivity index (χ0v) is 12.7. The molecule has 94 valence electrons. The summed E-state index contributed by atoms with van der Waals surface area (Å²) in [7, 11) is 0. The quantitative estimate of drug-likeness (QED) is 0.833. The first kappa shape index (κ1) is 13.4. The molecule has 1 atom stereocenters. The fourth-order valence-corrected chi connectivity index (χ4v) is 3.26. The summed E-state index contributed by atoms with van der Waals surface area (Å²) in [6, 6.07) is 7.40. The van der Waals surface area contributed by atoms with Gasteiger partial charge >= 0.3 is 0 Å². The van der Waals surface area contributed by atoms with Crippen LogP contribution in [0.5, 0.6) is 0 Å². The molecule has 17 heavy (non-hydrogen) atoms. The van der Waals surface area contributed by atoms with Crippen LogP contribution in [0.25, 0.3) is 0 Å². The first-order valence-corrected chi connectivity index (χ1v) is 8.48. The molecule has 1 N–H and O–H groups in total. The molecule has 0 saturated heterocycles. The lowest BCUT2D eigenvalue weighted by Gasteiger charge is -2.25. The number of hydrogen-bond acceptors (Lipinski definition) is 2. The maximum Gasteiger partial charge on any atom is 0.0178 e. The monoisotopic (exact) mass is 313 g/mol. The van der Waals surface area contributed by atoms with Crippen LogP contribution in [0.1, 0.15) is 24.0 Å². The fraction of sp³-hybridized carbons (Fsp3) is 0.571. The standard InChI is InChI=1S/C14H20BrNS/c1-17-8-2-7-16-14-6-4-11-9-13(15)5-3-12(11)10-14/h3,5,9,14,16H,2,4,6-8,10H2,1H3. The molecule has 1 aromatic carbocycles. The van der Waals surface area contributed by atoms with Crippen LogP contribution in [0, 0.1) is 0 Å². The van der Waals surface area contributed by atoms with Gasteiger partial charge in [0.05, 0.1) is 0 Å². The lowest BCUT2D eigenvalue weighted by molar-refractivity contribution is 0.459. The number of nitrogens with one attached hydrogen (secondary N) is 1. The van der Waals surface area contributed by atoms with Crippen molar-refractivity contribution in [2.75, 3.05) is 18.6 Å². The van der Waals surface area contributed by atoms with Gasteiger partial charge in [0.15, 0.2) is 0 Å². The number of thioether (sulfide) groups is 1. The second-order valence-corrected chi connectivity index (χ2v) is 6.55. The van der Waals surface area contributed by atoms with Crippen LogP contribution in [0.2, 0.25) is 0 Å². The molecular weight excluding hydrogens is 294 g/mol. The largest absolute Gasteiger partial charge is 0.314 e. The highest BCUT2D eigenvalue weighted by molar-refractivity contribution is 9.10. The molecule has 3 heteroatoms. The van der Waals surface area contributed by atoms with E-state index in [1.807, 2.05) is 11.8 Å². The van der Waals surface area contributed by atoms with E-state index in [0.29, 0.717) is 6.04 Å². The Kier molecular flexibility index (Phi) is 5.39.